The van der Waals surface area contributed by atoms with Gasteiger partial charge in [-0.2, -0.15) is 0 Å². The standard InChI is InChI=1S/C14H16FN/c15-14-5-3-4-11-6-7-12(10-13(11)14)16-8-1-2-9-16/h3-5,10H,1-2,6-9H2. The molecule has 0 amide bonds. The smallest absolute Gasteiger partial charge is 0.130 e. The summed E-state index contributed by atoms with van der Waals surface area (Å²) in [7, 11) is 0. The fourth-order valence-corrected chi connectivity index (χ4v) is 2.72. The van der Waals surface area contributed by atoms with E-state index in [0.29, 0.717) is 0 Å². The third kappa shape index (κ3) is 1.62. The quantitative estimate of drug-likeness (QED) is 0.698. The maximum absolute atomic E-state index is 13.7. The number of fused-ring (bicyclic) bond motifs is 1. The molecule has 0 N–H and O–H groups in total. The Balaban J connectivity index is 1.96. The molecule has 2 heteroatoms. The first-order valence-corrected chi connectivity index (χ1v) is 6.07. The summed E-state index contributed by atoms with van der Waals surface area (Å²) < 4.78 is 13.7. The molecule has 1 aliphatic heterocycles. The monoisotopic (exact) mass is 217 g/mol. The highest BCUT2D eigenvalue weighted by molar-refractivity contribution is 5.59. The summed E-state index contributed by atoms with van der Waals surface area (Å²) in [6.45, 7) is 2.30. The van der Waals surface area contributed by atoms with Crippen molar-refractivity contribution in [3.05, 3.63) is 40.8 Å². The zero-order valence-corrected chi connectivity index (χ0v) is 9.38. The van der Waals surface area contributed by atoms with Crippen molar-refractivity contribution >= 4 is 6.08 Å². The molecule has 2 aliphatic rings. The second-order valence-electron chi connectivity index (χ2n) is 4.64. The van der Waals surface area contributed by atoms with Crippen molar-refractivity contribution in [3.63, 3.8) is 0 Å². The van der Waals surface area contributed by atoms with Crippen LogP contribution >= 0.6 is 0 Å². The van der Waals surface area contributed by atoms with Gasteiger partial charge in [0.15, 0.2) is 0 Å². The first kappa shape index (κ1) is 9.88. The van der Waals surface area contributed by atoms with E-state index in [1.165, 1.54) is 18.5 Å². The molecule has 1 heterocycles. The molecule has 1 fully saturated rings. The zero-order valence-electron chi connectivity index (χ0n) is 9.38. The lowest BCUT2D eigenvalue weighted by Crippen LogP contribution is -2.20. The minimum Gasteiger partial charge on any atom is -0.375 e. The second-order valence-corrected chi connectivity index (χ2v) is 4.64. The molecule has 0 unspecified atom stereocenters. The van der Waals surface area contributed by atoms with Crippen molar-refractivity contribution in [3.8, 4) is 0 Å². The lowest BCUT2D eigenvalue weighted by atomic mass is 9.94. The fraction of sp³-hybridized carbons (Fsp3) is 0.429. The van der Waals surface area contributed by atoms with E-state index in [1.54, 1.807) is 6.07 Å². The van der Waals surface area contributed by atoms with Gasteiger partial charge in [0, 0.05) is 24.4 Å². The Morgan fingerprint density at radius 3 is 2.69 bits per heavy atom. The van der Waals surface area contributed by atoms with Crippen LogP contribution in [0.1, 0.15) is 30.4 Å². The summed E-state index contributed by atoms with van der Waals surface area (Å²) in [5.74, 6) is -0.0751. The Morgan fingerprint density at radius 1 is 1.06 bits per heavy atom. The van der Waals surface area contributed by atoms with Crippen LogP contribution in [0.25, 0.3) is 6.08 Å². The van der Waals surface area contributed by atoms with Crippen LogP contribution in [-0.2, 0) is 6.42 Å². The molecule has 84 valence electrons. The largest absolute Gasteiger partial charge is 0.375 e. The van der Waals surface area contributed by atoms with E-state index < -0.39 is 0 Å². The van der Waals surface area contributed by atoms with Crippen LogP contribution in [0.5, 0.6) is 0 Å². The number of hydrogen-bond acceptors (Lipinski definition) is 1. The van der Waals surface area contributed by atoms with Crippen molar-refractivity contribution < 1.29 is 4.39 Å². The van der Waals surface area contributed by atoms with E-state index in [1.807, 2.05) is 12.1 Å². The average molecular weight is 217 g/mol. The number of rotatable bonds is 1. The predicted molar refractivity (Wildman–Crippen MR) is 63.5 cm³/mol. The molecule has 0 bridgehead atoms. The molecule has 0 aromatic heterocycles. The number of likely N-dealkylation sites (tertiary alicyclic amines) is 1. The molecule has 0 radical (unpaired) electrons. The molecule has 0 saturated carbocycles. The maximum Gasteiger partial charge on any atom is 0.130 e. The number of allylic oxidation sites excluding steroid dienone is 1. The average Bonchev–Trinajstić information content (AvgIpc) is 2.83. The summed E-state index contributed by atoms with van der Waals surface area (Å²) in [6, 6.07) is 5.40. The van der Waals surface area contributed by atoms with Gasteiger partial charge in [-0.15, -0.1) is 0 Å². The van der Waals surface area contributed by atoms with Crippen LogP contribution in [0.4, 0.5) is 4.39 Å². The van der Waals surface area contributed by atoms with Crippen LogP contribution in [0.15, 0.2) is 23.9 Å². The molecule has 16 heavy (non-hydrogen) atoms. The first-order valence-electron chi connectivity index (χ1n) is 6.07. The van der Waals surface area contributed by atoms with Crippen LogP contribution in [0.2, 0.25) is 0 Å². The van der Waals surface area contributed by atoms with Gasteiger partial charge in [-0.1, -0.05) is 12.1 Å². The highest BCUT2D eigenvalue weighted by atomic mass is 19.1. The van der Waals surface area contributed by atoms with Crippen molar-refractivity contribution in [2.75, 3.05) is 13.1 Å². The molecular formula is C14H16FN. The second kappa shape index (κ2) is 3.93. The number of nitrogens with zero attached hydrogens (tertiary/aromatic N) is 1. The Morgan fingerprint density at radius 2 is 1.88 bits per heavy atom. The SMILES string of the molecule is Fc1cccc2c1C=C(N1CCCC1)CC2. The summed E-state index contributed by atoms with van der Waals surface area (Å²) >= 11 is 0. The van der Waals surface area contributed by atoms with Gasteiger partial charge < -0.3 is 4.90 Å². The predicted octanol–water partition coefficient (Wildman–Crippen LogP) is 3.21. The number of benzene rings is 1. The summed E-state index contributed by atoms with van der Waals surface area (Å²) in [4.78, 5) is 2.41. The van der Waals surface area contributed by atoms with Crippen LogP contribution in [-0.4, -0.2) is 18.0 Å². The summed E-state index contributed by atoms with van der Waals surface area (Å²) in [5, 5.41) is 0. The highest BCUT2D eigenvalue weighted by Crippen LogP contribution is 2.29. The van der Waals surface area contributed by atoms with E-state index >= 15 is 0 Å². The summed E-state index contributed by atoms with van der Waals surface area (Å²) in [5.41, 5.74) is 3.30. The lowest BCUT2D eigenvalue weighted by Gasteiger charge is -2.25. The van der Waals surface area contributed by atoms with Gasteiger partial charge in [0.25, 0.3) is 0 Å². The lowest BCUT2D eigenvalue weighted by molar-refractivity contribution is 0.410. The molecule has 1 aromatic rings. The highest BCUT2D eigenvalue weighted by Gasteiger charge is 2.19. The van der Waals surface area contributed by atoms with E-state index in [-0.39, 0.29) is 5.82 Å². The van der Waals surface area contributed by atoms with Crippen molar-refractivity contribution in [2.24, 2.45) is 0 Å². The van der Waals surface area contributed by atoms with Gasteiger partial charge in [-0.25, -0.2) is 4.39 Å². The normalized spacial score (nSPS) is 19.6. The van der Waals surface area contributed by atoms with Crippen LogP contribution < -0.4 is 0 Å². The minimum atomic E-state index is -0.0751. The van der Waals surface area contributed by atoms with Gasteiger partial charge >= 0.3 is 0 Å². The zero-order chi connectivity index (χ0) is 11.0. The van der Waals surface area contributed by atoms with Crippen LogP contribution in [0.3, 0.4) is 0 Å². The first-order chi connectivity index (χ1) is 7.84. The molecular weight excluding hydrogens is 201 g/mol. The molecule has 1 nitrogen and oxygen atoms in total. The topological polar surface area (TPSA) is 3.24 Å². The molecule has 3 rings (SSSR count). The van der Waals surface area contributed by atoms with E-state index in [9.17, 15) is 4.39 Å². The van der Waals surface area contributed by atoms with E-state index in [0.717, 1.165) is 37.1 Å². The third-order valence-corrected chi connectivity index (χ3v) is 3.62. The summed E-state index contributed by atoms with van der Waals surface area (Å²) in [6.07, 6.45) is 6.66. The molecule has 1 aliphatic carbocycles. The van der Waals surface area contributed by atoms with Gasteiger partial charge in [0.1, 0.15) is 5.82 Å². The van der Waals surface area contributed by atoms with Crippen molar-refractivity contribution in [2.45, 2.75) is 25.7 Å². The minimum absolute atomic E-state index is 0.0751. The fourth-order valence-electron chi connectivity index (χ4n) is 2.72. The van der Waals surface area contributed by atoms with Gasteiger partial charge in [-0.3, -0.25) is 0 Å². The Labute approximate surface area is 95.6 Å². The molecule has 1 saturated heterocycles. The third-order valence-electron chi connectivity index (χ3n) is 3.62. The van der Waals surface area contributed by atoms with Crippen LogP contribution in [0, 0.1) is 5.82 Å². The van der Waals surface area contributed by atoms with Crippen molar-refractivity contribution in [1.29, 1.82) is 0 Å². The Kier molecular flexibility index (Phi) is 2.43. The maximum atomic E-state index is 13.7. The molecule has 0 atom stereocenters. The van der Waals surface area contributed by atoms with Gasteiger partial charge in [-0.05, 0) is 43.4 Å². The Bertz CT molecular complexity index is 430. The van der Waals surface area contributed by atoms with E-state index in [4.69, 9.17) is 0 Å². The molecule has 0 spiro atoms. The van der Waals surface area contributed by atoms with Gasteiger partial charge in [0.05, 0.1) is 0 Å². The van der Waals surface area contributed by atoms with Gasteiger partial charge in [0.2, 0.25) is 0 Å². The number of hydrogen-bond donors (Lipinski definition) is 0. The number of aryl methyl sites for hydroxylation is 1. The van der Waals surface area contributed by atoms with Crippen molar-refractivity contribution in [1.82, 2.24) is 4.90 Å². The van der Waals surface area contributed by atoms with E-state index in [2.05, 4.69) is 11.0 Å². The number of halogens is 1. The molecule has 1 aromatic carbocycles. The Hall–Kier alpha value is -1.31.